The Morgan fingerprint density at radius 3 is 2.41 bits per heavy atom. The summed E-state index contributed by atoms with van der Waals surface area (Å²) >= 11 is 5.87. The zero-order chi connectivity index (χ0) is 13.0. The van der Waals surface area contributed by atoms with Crippen molar-refractivity contribution in [2.24, 2.45) is 0 Å². The van der Waals surface area contributed by atoms with Gasteiger partial charge < -0.3 is 14.6 Å². The van der Waals surface area contributed by atoms with Gasteiger partial charge in [0.25, 0.3) is 0 Å². The van der Waals surface area contributed by atoms with Crippen molar-refractivity contribution in [3.05, 3.63) is 22.2 Å². The predicted molar refractivity (Wildman–Crippen MR) is 61.3 cm³/mol. The van der Waals surface area contributed by atoms with E-state index in [2.05, 4.69) is 0 Å². The molecule has 0 fully saturated rings. The summed E-state index contributed by atoms with van der Waals surface area (Å²) in [6, 6.07) is 1.39. The Kier molecular flexibility index (Phi) is 4.34. The number of halogens is 1. The molecule has 0 unspecified atom stereocenters. The smallest absolute Gasteiger partial charge is 0.307 e. The fraction of sp³-hybridized carbons (Fsp3) is 0.273. The molecule has 0 atom stereocenters. The first-order valence-electron chi connectivity index (χ1n) is 4.65. The van der Waals surface area contributed by atoms with E-state index >= 15 is 0 Å². The van der Waals surface area contributed by atoms with E-state index < -0.39 is 5.97 Å². The fourth-order valence-corrected chi connectivity index (χ4v) is 1.77. The highest BCUT2D eigenvalue weighted by atomic mass is 35.5. The topological polar surface area (TPSA) is 72.8 Å². The lowest BCUT2D eigenvalue weighted by Crippen LogP contribution is -2.05. The number of hydrogen-bond donors (Lipinski definition) is 1. The first-order valence-corrected chi connectivity index (χ1v) is 5.03. The van der Waals surface area contributed by atoms with Gasteiger partial charge in [-0.25, -0.2) is 0 Å². The third-order valence-electron chi connectivity index (χ3n) is 2.17. The van der Waals surface area contributed by atoms with E-state index in [4.69, 9.17) is 26.2 Å². The Labute approximate surface area is 103 Å². The first-order chi connectivity index (χ1) is 8.04. The van der Waals surface area contributed by atoms with E-state index in [-0.39, 0.29) is 28.5 Å². The van der Waals surface area contributed by atoms with Gasteiger partial charge >= 0.3 is 5.97 Å². The minimum absolute atomic E-state index is 0.133. The quantitative estimate of drug-likeness (QED) is 0.815. The molecule has 0 radical (unpaired) electrons. The molecule has 0 heterocycles. The summed E-state index contributed by atoms with van der Waals surface area (Å²) < 4.78 is 10.1. The van der Waals surface area contributed by atoms with Crippen LogP contribution in [0.25, 0.3) is 0 Å². The van der Waals surface area contributed by atoms with Crippen LogP contribution in [0.1, 0.15) is 15.9 Å². The number of rotatable bonds is 5. The monoisotopic (exact) mass is 258 g/mol. The molecule has 5 nitrogen and oxygen atoms in total. The number of ether oxygens (including phenoxy) is 2. The van der Waals surface area contributed by atoms with Crippen LogP contribution in [0.3, 0.4) is 0 Å². The van der Waals surface area contributed by atoms with Gasteiger partial charge in [0.15, 0.2) is 17.8 Å². The summed E-state index contributed by atoms with van der Waals surface area (Å²) in [6.45, 7) is 0. The Morgan fingerprint density at radius 1 is 1.41 bits per heavy atom. The lowest BCUT2D eigenvalue weighted by molar-refractivity contribution is -0.136. The lowest BCUT2D eigenvalue weighted by atomic mass is 10.1. The van der Waals surface area contributed by atoms with Crippen LogP contribution in [0.5, 0.6) is 11.5 Å². The second-order valence-corrected chi connectivity index (χ2v) is 3.59. The maximum atomic E-state index is 10.9. The van der Waals surface area contributed by atoms with Gasteiger partial charge in [-0.15, -0.1) is 0 Å². The van der Waals surface area contributed by atoms with Crippen LogP contribution in [0.2, 0.25) is 5.02 Å². The second kappa shape index (κ2) is 5.54. The van der Waals surface area contributed by atoms with Gasteiger partial charge in [-0.2, -0.15) is 0 Å². The molecule has 0 aliphatic carbocycles. The summed E-state index contributed by atoms with van der Waals surface area (Å²) in [4.78, 5) is 21.6. The normalized spacial score (nSPS) is 9.82. The number of carboxylic acid groups (broad SMARTS) is 1. The molecule has 92 valence electrons. The molecule has 0 saturated heterocycles. The molecule has 0 bridgehead atoms. The molecule has 0 aliphatic rings. The third-order valence-corrected chi connectivity index (χ3v) is 2.48. The Balaban J connectivity index is 3.46. The molecule has 1 aromatic rings. The first kappa shape index (κ1) is 13.3. The van der Waals surface area contributed by atoms with Gasteiger partial charge in [0.05, 0.1) is 31.2 Å². The molecule has 17 heavy (non-hydrogen) atoms. The minimum atomic E-state index is -1.03. The SMILES string of the molecule is COc1c(CC(=O)O)cc(Cl)c(C=O)c1OC. The molecular formula is C11H11ClO5. The van der Waals surface area contributed by atoms with E-state index in [1.807, 2.05) is 0 Å². The van der Waals surface area contributed by atoms with Gasteiger partial charge in [0, 0.05) is 5.56 Å². The molecule has 0 saturated carbocycles. The molecule has 0 amide bonds. The number of carbonyl (C=O) groups is 2. The zero-order valence-corrected chi connectivity index (χ0v) is 10.1. The Morgan fingerprint density at radius 2 is 2.00 bits per heavy atom. The highest BCUT2D eigenvalue weighted by Gasteiger charge is 2.19. The summed E-state index contributed by atoms with van der Waals surface area (Å²) in [5, 5.41) is 8.89. The van der Waals surface area contributed by atoms with Crippen LogP contribution < -0.4 is 9.47 Å². The van der Waals surface area contributed by atoms with E-state index in [0.29, 0.717) is 11.8 Å². The lowest BCUT2D eigenvalue weighted by Gasteiger charge is -2.14. The van der Waals surface area contributed by atoms with Gasteiger partial charge in [-0.1, -0.05) is 11.6 Å². The van der Waals surface area contributed by atoms with Crippen molar-refractivity contribution in [1.82, 2.24) is 0 Å². The van der Waals surface area contributed by atoms with E-state index in [0.717, 1.165) is 0 Å². The molecule has 1 rings (SSSR count). The average Bonchev–Trinajstić information content (AvgIpc) is 2.27. The maximum absolute atomic E-state index is 10.9. The van der Waals surface area contributed by atoms with Crippen LogP contribution in [0, 0.1) is 0 Å². The van der Waals surface area contributed by atoms with E-state index in [9.17, 15) is 9.59 Å². The summed E-state index contributed by atoms with van der Waals surface area (Å²) in [7, 11) is 2.72. The van der Waals surface area contributed by atoms with Crippen LogP contribution in [-0.2, 0) is 11.2 Å². The van der Waals surface area contributed by atoms with Gasteiger partial charge in [0.1, 0.15) is 0 Å². The second-order valence-electron chi connectivity index (χ2n) is 3.19. The largest absolute Gasteiger partial charge is 0.493 e. The van der Waals surface area contributed by atoms with Crippen LogP contribution in [0.4, 0.5) is 0 Å². The number of carbonyl (C=O) groups excluding carboxylic acids is 1. The van der Waals surface area contributed by atoms with Crippen molar-refractivity contribution in [3.63, 3.8) is 0 Å². The molecular weight excluding hydrogens is 248 g/mol. The van der Waals surface area contributed by atoms with Crippen molar-refractivity contribution in [1.29, 1.82) is 0 Å². The van der Waals surface area contributed by atoms with Crippen LogP contribution >= 0.6 is 11.6 Å². The number of benzene rings is 1. The number of aliphatic carboxylic acids is 1. The highest BCUT2D eigenvalue weighted by molar-refractivity contribution is 6.33. The zero-order valence-electron chi connectivity index (χ0n) is 9.32. The standard InChI is InChI=1S/C11H11ClO5/c1-16-10-6(4-9(14)15)3-8(12)7(5-13)11(10)17-2/h3,5H,4H2,1-2H3,(H,14,15). The van der Waals surface area contributed by atoms with Crippen molar-refractivity contribution in [2.45, 2.75) is 6.42 Å². The molecule has 1 N–H and O–H groups in total. The number of methoxy groups -OCH3 is 2. The fourth-order valence-electron chi connectivity index (χ4n) is 1.50. The highest BCUT2D eigenvalue weighted by Crippen LogP contribution is 2.38. The number of aldehydes is 1. The number of carboxylic acids is 1. The minimum Gasteiger partial charge on any atom is -0.493 e. The average molecular weight is 259 g/mol. The van der Waals surface area contributed by atoms with E-state index in [1.165, 1.54) is 20.3 Å². The molecule has 6 heteroatoms. The Bertz CT molecular complexity index is 456. The predicted octanol–water partition coefficient (Wildman–Crippen LogP) is 1.80. The molecule has 0 spiro atoms. The van der Waals surface area contributed by atoms with Gasteiger partial charge in [-0.05, 0) is 6.07 Å². The Hall–Kier alpha value is -1.75. The van der Waals surface area contributed by atoms with Crippen LogP contribution in [0.15, 0.2) is 6.07 Å². The van der Waals surface area contributed by atoms with Crippen molar-refractivity contribution >= 4 is 23.9 Å². The summed E-state index contributed by atoms with van der Waals surface area (Å²) in [5.41, 5.74) is 0.493. The van der Waals surface area contributed by atoms with Crippen LogP contribution in [-0.4, -0.2) is 31.6 Å². The summed E-state index contributed by atoms with van der Waals surface area (Å²) in [5.74, 6) is -0.673. The van der Waals surface area contributed by atoms with Crippen molar-refractivity contribution in [2.75, 3.05) is 14.2 Å². The molecule has 1 aromatic carbocycles. The molecule has 0 aliphatic heterocycles. The maximum Gasteiger partial charge on any atom is 0.307 e. The summed E-state index contributed by atoms with van der Waals surface area (Å²) in [6.07, 6.45) is 0.270. The number of hydrogen-bond acceptors (Lipinski definition) is 4. The van der Waals surface area contributed by atoms with Crippen molar-refractivity contribution in [3.8, 4) is 11.5 Å². The van der Waals surface area contributed by atoms with E-state index in [1.54, 1.807) is 0 Å². The molecule has 0 aromatic heterocycles. The van der Waals surface area contributed by atoms with Gasteiger partial charge in [0.2, 0.25) is 0 Å². The van der Waals surface area contributed by atoms with Crippen molar-refractivity contribution < 1.29 is 24.2 Å². The van der Waals surface area contributed by atoms with Gasteiger partial charge in [-0.3, -0.25) is 9.59 Å². The third kappa shape index (κ3) is 2.68.